The van der Waals surface area contributed by atoms with E-state index in [0.29, 0.717) is 6.54 Å². The number of H-pyrrole nitrogens is 1. The molecular weight excluding hydrogens is 324 g/mol. The number of likely N-dealkylation sites (N-methyl/N-ethyl adjacent to an activating group) is 1. The van der Waals surface area contributed by atoms with Crippen molar-refractivity contribution in [3.05, 3.63) is 54.1 Å². The molecule has 3 rings (SSSR count). The van der Waals surface area contributed by atoms with Crippen molar-refractivity contribution in [3.63, 3.8) is 0 Å². The molecule has 0 unspecified atom stereocenters. The largest absolute Gasteiger partial charge is 0.347 e. The van der Waals surface area contributed by atoms with Gasteiger partial charge in [0.25, 0.3) is 0 Å². The maximum Gasteiger partial charge on any atom is 0.233 e. The first-order valence-corrected chi connectivity index (χ1v) is 9.59. The number of hydrogen-bond donors (Lipinski definition) is 1. The molecule has 1 amide bonds. The lowest BCUT2D eigenvalue weighted by Crippen LogP contribution is -2.49. The smallest absolute Gasteiger partial charge is 0.233 e. The van der Waals surface area contributed by atoms with Crippen LogP contribution < -0.4 is 0 Å². The van der Waals surface area contributed by atoms with E-state index < -0.39 is 0 Å². The SMILES string of the molecule is CN(C)CCN(Cc1cnc[nH]1)C(=O)C1(c2ccccc2)CCCCC1. The third-order valence-corrected chi connectivity index (χ3v) is 5.46. The number of nitrogens with zero attached hydrogens (tertiary/aromatic N) is 3. The van der Waals surface area contributed by atoms with Crippen LogP contribution in [0.25, 0.3) is 0 Å². The highest BCUT2D eigenvalue weighted by molar-refractivity contribution is 5.88. The minimum absolute atomic E-state index is 0.264. The van der Waals surface area contributed by atoms with Gasteiger partial charge in [-0.25, -0.2) is 4.98 Å². The van der Waals surface area contributed by atoms with E-state index in [9.17, 15) is 4.79 Å². The molecule has 0 bridgehead atoms. The van der Waals surface area contributed by atoms with Gasteiger partial charge in [0.15, 0.2) is 0 Å². The Labute approximate surface area is 156 Å². The van der Waals surface area contributed by atoms with Crippen molar-refractivity contribution in [2.75, 3.05) is 27.2 Å². The summed E-state index contributed by atoms with van der Waals surface area (Å²) in [5, 5.41) is 0. The Morgan fingerprint density at radius 2 is 1.85 bits per heavy atom. The molecular formula is C21H30N4O. The Morgan fingerprint density at radius 3 is 2.46 bits per heavy atom. The second-order valence-electron chi connectivity index (χ2n) is 7.62. The quantitative estimate of drug-likeness (QED) is 0.831. The van der Waals surface area contributed by atoms with Gasteiger partial charge in [0.2, 0.25) is 5.91 Å². The summed E-state index contributed by atoms with van der Waals surface area (Å²) >= 11 is 0. The summed E-state index contributed by atoms with van der Waals surface area (Å²) in [6.07, 6.45) is 8.83. The highest BCUT2D eigenvalue weighted by Crippen LogP contribution is 2.41. The van der Waals surface area contributed by atoms with Crippen LogP contribution >= 0.6 is 0 Å². The normalized spacial score (nSPS) is 16.6. The van der Waals surface area contributed by atoms with Gasteiger partial charge in [-0.05, 0) is 32.5 Å². The van der Waals surface area contributed by atoms with Gasteiger partial charge in [-0.15, -0.1) is 0 Å². The number of aromatic nitrogens is 2. The molecule has 1 fully saturated rings. The van der Waals surface area contributed by atoms with Crippen LogP contribution in [0.15, 0.2) is 42.9 Å². The summed E-state index contributed by atoms with van der Waals surface area (Å²) in [5.74, 6) is 0.264. The molecule has 1 heterocycles. The lowest BCUT2D eigenvalue weighted by molar-refractivity contribution is -0.139. The topological polar surface area (TPSA) is 52.2 Å². The maximum absolute atomic E-state index is 13.8. The second-order valence-corrected chi connectivity index (χ2v) is 7.62. The number of rotatable bonds is 7. The van der Waals surface area contributed by atoms with Gasteiger partial charge in [-0.1, -0.05) is 49.6 Å². The number of carbonyl (C=O) groups is 1. The third-order valence-electron chi connectivity index (χ3n) is 5.46. The van der Waals surface area contributed by atoms with E-state index in [1.54, 1.807) is 6.33 Å². The Balaban J connectivity index is 1.90. The number of imidazole rings is 1. The van der Waals surface area contributed by atoms with Crippen LogP contribution in [0.5, 0.6) is 0 Å². The van der Waals surface area contributed by atoms with E-state index >= 15 is 0 Å². The lowest BCUT2D eigenvalue weighted by atomic mass is 9.68. The van der Waals surface area contributed by atoms with Crippen molar-refractivity contribution in [2.24, 2.45) is 0 Å². The van der Waals surface area contributed by atoms with Crippen LogP contribution in [-0.4, -0.2) is 52.9 Å². The Kier molecular flexibility index (Phi) is 6.09. The highest BCUT2D eigenvalue weighted by Gasteiger charge is 2.43. The van der Waals surface area contributed by atoms with Crippen molar-refractivity contribution in [1.29, 1.82) is 0 Å². The second kappa shape index (κ2) is 8.49. The molecule has 1 N–H and O–H groups in total. The predicted octanol–water partition coefficient (Wildman–Crippen LogP) is 3.20. The van der Waals surface area contributed by atoms with E-state index in [2.05, 4.69) is 39.1 Å². The van der Waals surface area contributed by atoms with Crippen LogP contribution in [0, 0.1) is 0 Å². The molecule has 1 aromatic carbocycles. The molecule has 5 heteroatoms. The van der Waals surface area contributed by atoms with Crippen molar-refractivity contribution < 1.29 is 4.79 Å². The number of carbonyl (C=O) groups excluding carboxylic acids is 1. The monoisotopic (exact) mass is 354 g/mol. The number of amides is 1. The molecule has 1 aromatic heterocycles. The zero-order valence-electron chi connectivity index (χ0n) is 15.9. The first-order valence-electron chi connectivity index (χ1n) is 9.59. The number of aromatic amines is 1. The molecule has 140 valence electrons. The molecule has 0 atom stereocenters. The minimum Gasteiger partial charge on any atom is -0.347 e. The van der Waals surface area contributed by atoms with Gasteiger partial charge in [0.1, 0.15) is 0 Å². The average Bonchev–Trinajstić information content (AvgIpc) is 3.19. The number of benzene rings is 1. The molecule has 0 saturated heterocycles. The molecule has 0 radical (unpaired) electrons. The molecule has 1 aliphatic carbocycles. The van der Waals surface area contributed by atoms with Gasteiger partial charge in [0.05, 0.1) is 24.0 Å². The fourth-order valence-electron chi connectivity index (χ4n) is 3.99. The zero-order valence-corrected chi connectivity index (χ0v) is 15.9. The minimum atomic E-state index is -0.383. The van der Waals surface area contributed by atoms with Crippen molar-refractivity contribution >= 4 is 5.91 Å². The number of hydrogen-bond acceptors (Lipinski definition) is 3. The maximum atomic E-state index is 13.8. The van der Waals surface area contributed by atoms with Crippen LogP contribution in [0.2, 0.25) is 0 Å². The van der Waals surface area contributed by atoms with Gasteiger partial charge < -0.3 is 14.8 Å². The fourth-order valence-corrected chi connectivity index (χ4v) is 3.99. The van der Waals surface area contributed by atoms with E-state index in [1.165, 1.54) is 12.0 Å². The predicted molar refractivity (Wildman–Crippen MR) is 104 cm³/mol. The summed E-state index contributed by atoms with van der Waals surface area (Å²) in [6, 6.07) is 10.4. The van der Waals surface area contributed by atoms with Gasteiger partial charge in [-0.2, -0.15) is 0 Å². The number of nitrogens with one attached hydrogen (secondary N) is 1. The van der Waals surface area contributed by atoms with E-state index in [-0.39, 0.29) is 11.3 Å². The zero-order chi connectivity index (χ0) is 18.4. The summed E-state index contributed by atoms with van der Waals surface area (Å²) < 4.78 is 0. The van der Waals surface area contributed by atoms with Crippen molar-refractivity contribution in [2.45, 2.75) is 44.1 Å². The highest BCUT2D eigenvalue weighted by atomic mass is 16.2. The summed E-state index contributed by atoms with van der Waals surface area (Å²) in [6.45, 7) is 2.16. The first kappa shape index (κ1) is 18.6. The molecule has 26 heavy (non-hydrogen) atoms. The van der Waals surface area contributed by atoms with Gasteiger partial charge >= 0.3 is 0 Å². The Morgan fingerprint density at radius 1 is 1.12 bits per heavy atom. The molecule has 1 saturated carbocycles. The van der Waals surface area contributed by atoms with E-state index in [0.717, 1.165) is 44.5 Å². The van der Waals surface area contributed by atoms with Gasteiger partial charge in [0, 0.05) is 19.3 Å². The molecule has 0 spiro atoms. The fraction of sp³-hybridized carbons (Fsp3) is 0.524. The molecule has 5 nitrogen and oxygen atoms in total. The van der Waals surface area contributed by atoms with Gasteiger partial charge in [-0.3, -0.25) is 4.79 Å². The Bertz CT molecular complexity index is 675. The van der Waals surface area contributed by atoms with Crippen molar-refractivity contribution in [1.82, 2.24) is 19.8 Å². The summed E-state index contributed by atoms with van der Waals surface area (Å²) in [7, 11) is 4.10. The van der Waals surface area contributed by atoms with Crippen molar-refractivity contribution in [3.8, 4) is 0 Å². The first-order chi connectivity index (χ1) is 12.6. The van der Waals surface area contributed by atoms with Crippen LogP contribution in [0.1, 0.15) is 43.4 Å². The lowest BCUT2D eigenvalue weighted by Gasteiger charge is -2.40. The molecule has 1 aliphatic rings. The van der Waals surface area contributed by atoms with Crippen LogP contribution in [-0.2, 0) is 16.8 Å². The molecule has 2 aromatic rings. The molecule has 0 aliphatic heterocycles. The third kappa shape index (κ3) is 4.15. The summed E-state index contributed by atoms with van der Waals surface area (Å²) in [4.78, 5) is 25.2. The summed E-state index contributed by atoms with van der Waals surface area (Å²) in [5.41, 5.74) is 1.77. The standard InChI is InChI=1S/C21H30N4O/c1-24(2)13-14-25(16-19-15-22-17-23-19)20(26)21(11-7-4-8-12-21)18-9-5-3-6-10-18/h3,5-6,9-10,15,17H,4,7-8,11-14,16H2,1-2H3,(H,22,23). The van der Waals surface area contributed by atoms with Crippen LogP contribution in [0.3, 0.4) is 0 Å². The van der Waals surface area contributed by atoms with E-state index in [1.807, 2.05) is 31.3 Å². The average molecular weight is 354 g/mol. The van der Waals surface area contributed by atoms with Crippen LogP contribution in [0.4, 0.5) is 0 Å². The Hall–Kier alpha value is -2.14. The van der Waals surface area contributed by atoms with E-state index in [4.69, 9.17) is 0 Å².